The second-order valence-corrected chi connectivity index (χ2v) is 10.0. The number of imidazole rings is 1. The van der Waals surface area contributed by atoms with E-state index in [1.165, 1.54) is 6.33 Å². The van der Waals surface area contributed by atoms with Crippen molar-refractivity contribution in [1.29, 1.82) is 0 Å². The average Bonchev–Trinajstić information content (AvgIpc) is 3.38. The van der Waals surface area contributed by atoms with E-state index in [1.54, 1.807) is 29.4 Å². The number of nitrogens with one attached hydrogen (secondary N) is 2. The minimum absolute atomic E-state index is 0.118. The molecule has 172 valence electrons. The maximum atomic E-state index is 12.9. The minimum atomic E-state index is -3.67. The van der Waals surface area contributed by atoms with E-state index in [2.05, 4.69) is 25.0 Å². The van der Waals surface area contributed by atoms with Gasteiger partial charge in [0.1, 0.15) is 24.3 Å². The number of carbonyl (C=O) groups excluding carboxylic acids is 1. The molecule has 2 aliphatic heterocycles. The highest BCUT2D eigenvalue weighted by atomic mass is 32.2. The highest BCUT2D eigenvalue weighted by Crippen LogP contribution is 2.38. The number of aryl methyl sites for hydroxylation is 2. The van der Waals surface area contributed by atoms with E-state index in [0.717, 1.165) is 28.2 Å². The molecule has 0 fully saturated rings. The number of nitrogens with zero attached hydrogens (tertiary/aromatic N) is 5. The molecule has 4 heterocycles. The molecule has 5 rings (SSSR count). The molecular weight excluding hydrogens is 442 g/mol. The third kappa shape index (κ3) is 3.98. The van der Waals surface area contributed by atoms with Crippen LogP contribution in [0.3, 0.4) is 0 Å². The summed E-state index contributed by atoms with van der Waals surface area (Å²) >= 11 is 0. The molecule has 11 heteroatoms. The lowest BCUT2D eigenvalue weighted by Gasteiger charge is -2.25. The number of carbonyl (C=O) groups is 1. The number of aromatic nitrogens is 4. The summed E-state index contributed by atoms with van der Waals surface area (Å²) in [6.07, 6.45) is 4.86. The van der Waals surface area contributed by atoms with Gasteiger partial charge in [0.15, 0.2) is 0 Å². The van der Waals surface area contributed by atoms with Crippen LogP contribution in [0.2, 0.25) is 0 Å². The molecule has 2 aromatic heterocycles. The summed E-state index contributed by atoms with van der Waals surface area (Å²) in [5, 5.41) is 3.13. The number of amides is 1. The standard InChI is InChI=1S/C22H25N7O3S/c1-14-15(2)29(13-26-14)20-11-19(24-12-25-20)23-6-7-27-33(31,32)18-9-16-3-4-21(30)28-8-5-17(10-18)22(16)28/h9-13,27H,3-8H2,1-2H3,(H,23,24,25). The van der Waals surface area contributed by atoms with Crippen molar-refractivity contribution in [2.24, 2.45) is 0 Å². The van der Waals surface area contributed by atoms with Crippen LogP contribution in [0.1, 0.15) is 28.9 Å². The SMILES string of the molecule is Cc1ncn(-c2cc(NCCNS(=O)(=O)c3cc4c5c(c3)CCN5C(=O)CC4)ncn2)c1C. The summed E-state index contributed by atoms with van der Waals surface area (Å²) in [4.78, 5) is 26.9. The first-order valence-electron chi connectivity index (χ1n) is 10.9. The van der Waals surface area contributed by atoms with Crippen LogP contribution in [0.5, 0.6) is 0 Å². The third-order valence-corrected chi connectivity index (χ3v) is 7.65. The van der Waals surface area contributed by atoms with Gasteiger partial charge in [-0.1, -0.05) is 0 Å². The van der Waals surface area contributed by atoms with Gasteiger partial charge >= 0.3 is 0 Å². The Bertz CT molecular complexity index is 1350. The van der Waals surface area contributed by atoms with Crippen molar-refractivity contribution < 1.29 is 13.2 Å². The molecule has 2 N–H and O–H groups in total. The highest BCUT2D eigenvalue weighted by Gasteiger charge is 2.32. The average molecular weight is 468 g/mol. The van der Waals surface area contributed by atoms with Gasteiger partial charge in [0, 0.05) is 37.8 Å². The van der Waals surface area contributed by atoms with Crippen molar-refractivity contribution in [3.8, 4) is 5.82 Å². The van der Waals surface area contributed by atoms with Crippen LogP contribution in [0.4, 0.5) is 11.5 Å². The molecule has 0 aliphatic carbocycles. The molecule has 0 saturated carbocycles. The van der Waals surface area contributed by atoms with Crippen molar-refractivity contribution in [2.45, 2.75) is 38.0 Å². The number of hydrogen-bond donors (Lipinski definition) is 2. The Labute approximate surface area is 192 Å². The Balaban J connectivity index is 1.24. The fourth-order valence-electron chi connectivity index (χ4n) is 4.35. The predicted octanol–water partition coefficient (Wildman–Crippen LogP) is 1.50. The number of sulfonamides is 1. The summed E-state index contributed by atoms with van der Waals surface area (Å²) in [7, 11) is -3.67. The van der Waals surface area contributed by atoms with E-state index in [1.807, 2.05) is 18.4 Å². The Morgan fingerprint density at radius 1 is 1.00 bits per heavy atom. The fourth-order valence-corrected chi connectivity index (χ4v) is 5.48. The smallest absolute Gasteiger partial charge is 0.240 e. The molecule has 33 heavy (non-hydrogen) atoms. The number of hydrogen-bond acceptors (Lipinski definition) is 7. The molecule has 0 atom stereocenters. The molecule has 1 aromatic carbocycles. The van der Waals surface area contributed by atoms with Crippen molar-refractivity contribution in [3.63, 3.8) is 0 Å². The van der Waals surface area contributed by atoms with Gasteiger partial charge in [0.05, 0.1) is 16.3 Å². The lowest BCUT2D eigenvalue weighted by Crippen LogP contribution is -2.33. The molecule has 2 aliphatic rings. The van der Waals surface area contributed by atoms with Crippen molar-refractivity contribution in [3.05, 3.63) is 53.4 Å². The zero-order valence-electron chi connectivity index (χ0n) is 18.5. The molecule has 0 saturated heterocycles. The predicted molar refractivity (Wildman–Crippen MR) is 123 cm³/mol. The van der Waals surface area contributed by atoms with Gasteiger partial charge in [-0.2, -0.15) is 0 Å². The van der Waals surface area contributed by atoms with Gasteiger partial charge in [-0.25, -0.2) is 28.1 Å². The van der Waals surface area contributed by atoms with E-state index in [-0.39, 0.29) is 17.3 Å². The largest absolute Gasteiger partial charge is 0.369 e. The number of benzene rings is 1. The molecule has 0 radical (unpaired) electrons. The quantitative estimate of drug-likeness (QED) is 0.505. The highest BCUT2D eigenvalue weighted by molar-refractivity contribution is 7.89. The van der Waals surface area contributed by atoms with Gasteiger partial charge in [0.25, 0.3) is 0 Å². The summed E-state index contributed by atoms with van der Waals surface area (Å²) < 4.78 is 30.3. The molecule has 0 spiro atoms. The normalized spacial score (nSPS) is 15.1. The van der Waals surface area contributed by atoms with Crippen LogP contribution in [0.15, 0.2) is 35.7 Å². The first-order valence-corrected chi connectivity index (χ1v) is 12.3. The van der Waals surface area contributed by atoms with Crippen molar-refractivity contribution >= 4 is 27.4 Å². The molecule has 0 bridgehead atoms. The lowest BCUT2D eigenvalue weighted by atomic mass is 10.00. The molecular formula is C22H25N7O3S. The van der Waals surface area contributed by atoms with Crippen molar-refractivity contribution in [1.82, 2.24) is 24.2 Å². The number of anilines is 2. The zero-order valence-corrected chi connectivity index (χ0v) is 19.3. The van der Waals surface area contributed by atoms with Crippen LogP contribution < -0.4 is 14.9 Å². The monoisotopic (exact) mass is 467 g/mol. The van der Waals surface area contributed by atoms with E-state index >= 15 is 0 Å². The lowest BCUT2D eigenvalue weighted by molar-refractivity contribution is -0.118. The summed E-state index contributed by atoms with van der Waals surface area (Å²) in [6, 6.07) is 5.19. The van der Waals surface area contributed by atoms with E-state index < -0.39 is 10.0 Å². The Morgan fingerprint density at radius 3 is 2.55 bits per heavy atom. The zero-order chi connectivity index (χ0) is 23.2. The van der Waals surface area contributed by atoms with Crippen LogP contribution in [-0.4, -0.2) is 53.5 Å². The second-order valence-electron chi connectivity index (χ2n) is 8.26. The van der Waals surface area contributed by atoms with Crippen LogP contribution in [0, 0.1) is 13.8 Å². The fraction of sp³-hybridized carbons (Fsp3) is 0.364. The summed E-state index contributed by atoms with van der Waals surface area (Å²) in [5.41, 5.74) is 4.69. The molecule has 3 aromatic rings. The molecule has 0 unspecified atom stereocenters. The number of rotatable bonds is 7. The van der Waals surface area contributed by atoms with Gasteiger partial charge in [0.2, 0.25) is 15.9 Å². The topological polar surface area (TPSA) is 122 Å². The maximum absolute atomic E-state index is 12.9. The van der Waals surface area contributed by atoms with Crippen LogP contribution >= 0.6 is 0 Å². The van der Waals surface area contributed by atoms with E-state index in [9.17, 15) is 13.2 Å². The first kappa shape index (κ1) is 21.5. The van der Waals surface area contributed by atoms with Gasteiger partial charge < -0.3 is 10.2 Å². The Kier molecular flexibility index (Phi) is 5.37. The molecule has 10 nitrogen and oxygen atoms in total. The van der Waals surface area contributed by atoms with Gasteiger partial charge in [-0.05, 0) is 49.9 Å². The van der Waals surface area contributed by atoms with Crippen LogP contribution in [0.25, 0.3) is 5.82 Å². The Morgan fingerprint density at radius 2 is 1.79 bits per heavy atom. The Hall–Kier alpha value is -3.31. The minimum Gasteiger partial charge on any atom is -0.369 e. The summed E-state index contributed by atoms with van der Waals surface area (Å²) in [6.45, 7) is 5.08. The molecule has 1 amide bonds. The second kappa shape index (κ2) is 8.23. The van der Waals surface area contributed by atoms with Crippen molar-refractivity contribution in [2.75, 3.05) is 29.9 Å². The summed E-state index contributed by atoms with van der Waals surface area (Å²) in [5.74, 6) is 1.40. The maximum Gasteiger partial charge on any atom is 0.240 e. The van der Waals surface area contributed by atoms with E-state index in [4.69, 9.17) is 0 Å². The van der Waals surface area contributed by atoms with Gasteiger partial charge in [-0.15, -0.1) is 0 Å². The first-order chi connectivity index (χ1) is 15.8. The van der Waals surface area contributed by atoms with Gasteiger partial charge in [-0.3, -0.25) is 9.36 Å². The van der Waals surface area contributed by atoms with E-state index in [0.29, 0.717) is 44.0 Å². The third-order valence-electron chi connectivity index (χ3n) is 6.21. The van der Waals surface area contributed by atoms with Crippen LogP contribution in [-0.2, 0) is 27.7 Å².